The first-order valence-electron chi connectivity index (χ1n) is 6.71. The lowest BCUT2D eigenvalue weighted by atomic mass is 10.0. The summed E-state index contributed by atoms with van der Waals surface area (Å²) in [4.78, 5) is 23.7. The molecule has 1 heterocycles. The first-order valence-corrected chi connectivity index (χ1v) is 6.71. The van der Waals surface area contributed by atoms with Gasteiger partial charge in [0, 0.05) is 6.54 Å². The fraction of sp³-hybridized carbons (Fsp3) is 0.846. The normalized spacial score (nSPS) is 24.3. The van der Waals surface area contributed by atoms with Crippen molar-refractivity contribution in [1.82, 2.24) is 5.32 Å². The zero-order chi connectivity index (χ0) is 14.4. The molecule has 0 aromatic heterocycles. The maximum atomic E-state index is 12.0. The van der Waals surface area contributed by atoms with Crippen LogP contribution in [-0.2, 0) is 19.1 Å². The summed E-state index contributed by atoms with van der Waals surface area (Å²) in [6.07, 6.45) is 1.40. The topological polar surface area (TPSA) is 90.7 Å². The number of rotatable bonds is 6. The predicted octanol–water partition coefficient (Wildman–Crippen LogP) is 0.197. The molecule has 1 amide bonds. The van der Waals surface area contributed by atoms with Gasteiger partial charge in [0.15, 0.2) is 0 Å². The van der Waals surface area contributed by atoms with Gasteiger partial charge in [-0.05, 0) is 25.2 Å². The minimum atomic E-state index is -0.613. The molecule has 1 fully saturated rings. The molecule has 110 valence electrons. The Morgan fingerprint density at radius 3 is 2.58 bits per heavy atom. The molecule has 1 aliphatic rings. The molecule has 1 rings (SSSR count). The van der Waals surface area contributed by atoms with E-state index in [0.717, 1.165) is 6.42 Å². The van der Waals surface area contributed by atoms with Gasteiger partial charge in [0.25, 0.3) is 0 Å². The van der Waals surface area contributed by atoms with Crippen LogP contribution in [0.25, 0.3) is 0 Å². The molecule has 1 saturated heterocycles. The van der Waals surface area contributed by atoms with Crippen LogP contribution in [-0.4, -0.2) is 43.8 Å². The molecule has 0 saturated carbocycles. The smallest absolute Gasteiger partial charge is 0.328 e. The fourth-order valence-electron chi connectivity index (χ4n) is 2.16. The highest BCUT2D eigenvalue weighted by Crippen LogP contribution is 2.19. The average Bonchev–Trinajstić information content (AvgIpc) is 2.85. The number of methoxy groups -OCH3 is 1. The Bertz CT molecular complexity index is 320. The van der Waals surface area contributed by atoms with Crippen molar-refractivity contribution in [3.8, 4) is 0 Å². The molecule has 0 aromatic carbocycles. The lowest BCUT2D eigenvalue weighted by Crippen LogP contribution is -2.46. The number of esters is 1. The molecule has 3 N–H and O–H groups in total. The number of nitrogens with two attached hydrogens (primary N) is 1. The highest BCUT2D eigenvalue weighted by Gasteiger charge is 2.32. The second-order valence-electron chi connectivity index (χ2n) is 5.27. The standard InChI is InChI=1S/C13H24N2O4/c1-8(2)6-10(13(17)18-3)15-12(16)11-5-4-9(7-14)19-11/h8-11H,4-7,14H2,1-3H3,(H,15,16). The third-order valence-electron chi connectivity index (χ3n) is 3.17. The molecule has 0 aliphatic carbocycles. The lowest BCUT2D eigenvalue weighted by Gasteiger charge is -2.20. The molecule has 0 spiro atoms. The van der Waals surface area contributed by atoms with Crippen molar-refractivity contribution in [1.29, 1.82) is 0 Å². The van der Waals surface area contributed by atoms with Crippen LogP contribution in [0.4, 0.5) is 0 Å². The quantitative estimate of drug-likeness (QED) is 0.674. The Hall–Kier alpha value is -1.14. The van der Waals surface area contributed by atoms with Gasteiger partial charge in [-0.3, -0.25) is 4.79 Å². The van der Waals surface area contributed by atoms with E-state index < -0.39 is 18.1 Å². The number of carbonyl (C=O) groups excluding carboxylic acids is 2. The van der Waals surface area contributed by atoms with Crippen molar-refractivity contribution in [3.63, 3.8) is 0 Å². The fourth-order valence-corrected chi connectivity index (χ4v) is 2.16. The van der Waals surface area contributed by atoms with Gasteiger partial charge in [-0.1, -0.05) is 13.8 Å². The summed E-state index contributed by atoms with van der Waals surface area (Å²) in [6.45, 7) is 4.38. The van der Waals surface area contributed by atoms with Crippen LogP contribution >= 0.6 is 0 Å². The van der Waals surface area contributed by atoms with Gasteiger partial charge in [0.2, 0.25) is 5.91 Å². The van der Waals surface area contributed by atoms with Crippen molar-refractivity contribution in [3.05, 3.63) is 0 Å². The van der Waals surface area contributed by atoms with Crippen molar-refractivity contribution >= 4 is 11.9 Å². The first-order chi connectivity index (χ1) is 8.97. The predicted molar refractivity (Wildman–Crippen MR) is 70.4 cm³/mol. The van der Waals surface area contributed by atoms with E-state index in [-0.39, 0.29) is 17.9 Å². The second kappa shape index (κ2) is 7.45. The van der Waals surface area contributed by atoms with Crippen LogP contribution in [0.1, 0.15) is 33.1 Å². The van der Waals surface area contributed by atoms with E-state index >= 15 is 0 Å². The summed E-state index contributed by atoms with van der Waals surface area (Å²) in [5.74, 6) is -0.395. The summed E-state index contributed by atoms with van der Waals surface area (Å²) in [6, 6.07) is -0.613. The maximum absolute atomic E-state index is 12.0. The van der Waals surface area contributed by atoms with Crippen molar-refractivity contribution < 1.29 is 19.1 Å². The van der Waals surface area contributed by atoms with E-state index in [1.54, 1.807) is 0 Å². The van der Waals surface area contributed by atoms with Gasteiger partial charge in [-0.2, -0.15) is 0 Å². The molecule has 6 heteroatoms. The highest BCUT2D eigenvalue weighted by atomic mass is 16.5. The highest BCUT2D eigenvalue weighted by molar-refractivity contribution is 5.87. The molecule has 0 bridgehead atoms. The van der Waals surface area contributed by atoms with E-state index in [9.17, 15) is 9.59 Å². The van der Waals surface area contributed by atoms with Crippen molar-refractivity contribution in [2.45, 2.75) is 51.4 Å². The molecule has 1 aliphatic heterocycles. The molecule has 3 unspecified atom stereocenters. The summed E-state index contributed by atoms with van der Waals surface area (Å²) in [5.41, 5.74) is 5.50. The second-order valence-corrected chi connectivity index (χ2v) is 5.27. The SMILES string of the molecule is COC(=O)C(CC(C)C)NC(=O)C1CCC(CN)O1. The van der Waals surface area contributed by atoms with Gasteiger partial charge in [0.05, 0.1) is 13.2 Å². The van der Waals surface area contributed by atoms with Gasteiger partial charge in [-0.15, -0.1) is 0 Å². The Morgan fingerprint density at radius 2 is 2.11 bits per heavy atom. The lowest BCUT2D eigenvalue weighted by molar-refractivity contribution is -0.147. The molecular formula is C13H24N2O4. The van der Waals surface area contributed by atoms with Crippen LogP contribution in [0.15, 0.2) is 0 Å². The van der Waals surface area contributed by atoms with Gasteiger partial charge >= 0.3 is 5.97 Å². The number of nitrogens with one attached hydrogen (secondary N) is 1. The van der Waals surface area contributed by atoms with Gasteiger partial charge < -0.3 is 20.5 Å². The number of hydrogen-bond donors (Lipinski definition) is 2. The van der Waals surface area contributed by atoms with E-state index in [1.807, 2.05) is 13.8 Å². The Morgan fingerprint density at radius 1 is 1.42 bits per heavy atom. The van der Waals surface area contributed by atoms with E-state index in [2.05, 4.69) is 5.32 Å². The van der Waals surface area contributed by atoms with Crippen LogP contribution in [0.2, 0.25) is 0 Å². The minimum absolute atomic E-state index is 0.0579. The van der Waals surface area contributed by atoms with Crippen molar-refractivity contribution in [2.24, 2.45) is 11.7 Å². The van der Waals surface area contributed by atoms with E-state index in [1.165, 1.54) is 7.11 Å². The average molecular weight is 272 g/mol. The largest absolute Gasteiger partial charge is 0.467 e. The first kappa shape index (κ1) is 15.9. The molecule has 0 aromatic rings. The summed E-state index contributed by atoms with van der Waals surface area (Å²) < 4.78 is 10.2. The molecule has 19 heavy (non-hydrogen) atoms. The summed E-state index contributed by atoms with van der Waals surface area (Å²) >= 11 is 0. The molecule has 6 nitrogen and oxygen atoms in total. The van der Waals surface area contributed by atoms with Gasteiger partial charge in [0.1, 0.15) is 12.1 Å². The Labute approximate surface area is 114 Å². The summed E-state index contributed by atoms with van der Waals surface area (Å²) in [5, 5.41) is 2.71. The number of amides is 1. The monoisotopic (exact) mass is 272 g/mol. The summed E-state index contributed by atoms with van der Waals surface area (Å²) in [7, 11) is 1.32. The van der Waals surface area contributed by atoms with E-state index in [4.69, 9.17) is 15.2 Å². The minimum Gasteiger partial charge on any atom is -0.467 e. The zero-order valence-electron chi connectivity index (χ0n) is 11.8. The van der Waals surface area contributed by atoms with Crippen molar-refractivity contribution in [2.75, 3.05) is 13.7 Å². The maximum Gasteiger partial charge on any atom is 0.328 e. The number of ether oxygens (including phenoxy) is 2. The zero-order valence-corrected chi connectivity index (χ0v) is 11.8. The third kappa shape index (κ3) is 4.80. The number of hydrogen-bond acceptors (Lipinski definition) is 5. The number of carbonyl (C=O) groups is 2. The van der Waals surface area contributed by atoms with Crippen LogP contribution in [0.5, 0.6) is 0 Å². The molecule has 0 radical (unpaired) electrons. The van der Waals surface area contributed by atoms with Crippen LogP contribution < -0.4 is 11.1 Å². The van der Waals surface area contributed by atoms with Crippen LogP contribution in [0.3, 0.4) is 0 Å². The van der Waals surface area contributed by atoms with Gasteiger partial charge in [-0.25, -0.2) is 4.79 Å². The van der Waals surface area contributed by atoms with Crippen LogP contribution in [0, 0.1) is 5.92 Å². The third-order valence-corrected chi connectivity index (χ3v) is 3.17. The Balaban J connectivity index is 2.53. The Kier molecular flexibility index (Phi) is 6.24. The van der Waals surface area contributed by atoms with E-state index in [0.29, 0.717) is 19.4 Å². The molecule has 3 atom stereocenters. The molecular weight excluding hydrogens is 248 g/mol.